The van der Waals surface area contributed by atoms with Crippen LogP contribution in [-0.2, 0) is 9.59 Å². The SMILES string of the molecule is Cc1ccc(C)c(N2N=C(C(=O)Nc3ccc(-n4cccn4)c(F)c3)CCC2=O)c1. The molecule has 152 valence electrons. The number of nitrogens with one attached hydrogen (secondary N) is 1. The molecule has 2 aromatic carbocycles. The highest BCUT2D eigenvalue weighted by Gasteiger charge is 2.26. The molecule has 8 heteroatoms. The molecule has 3 aromatic rings. The van der Waals surface area contributed by atoms with Crippen molar-refractivity contribution >= 4 is 28.9 Å². The first kappa shape index (κ1) is 19.5. The van der Waals surface area contributed by atoms with Gasteiger partial charge in [0.15, 0.2) is 5.82 Å². The lowest BCUT2D eigenvalue weighted by Gasteiger charge is -2.24. The Labute approximate surface area is 172 Å². The van der Waals surface area contributed by atoms with Crippen LogP contribution in [0.5, 0.6) is 0 Å². The summed E-state index contributed by atoms with van der Waals surface area (Å²) < 4.78 is 15.8. The van der Waals surface area contributed by atoms with Gasteiger partial charge in [-0.1, -0.05) is 12.1 Å². The van der Waals surface area contributed by atoms with Gasteiger partial charge in [0.1, 0.15) is 11.4 Å². The second-order valence-corrected chi connectivity index (χ2v) is 7.11. The number of amides is 2. The highest BCUT2D eigenvalue weighted by Crippen LogP contribution is 2.26. The van der Waals surface area contributed by atoms with Crippen LogP contribution in [0.3, 0.4) is 0 Å². The minimum Gasteiger partial charge on any atom is -0.321 e. The number of aromatic nitrogens is 2. The summed E-state index contributed by atoms with van der Waals surface area (Å²) in [5, 5.41) is 12.2. The first-order valence-electron chi connectivity index (χ1n) is 9.51. The topological polar surface area (TPSA) is 79.6 Å². The van der Waals surface area contributed by atoms with E-state index in [1.165, 1.54) is 21.8 Å². The van der Waals surface area contributed by atoms with Crippen LogP contribution in [0.15, 0.2) is 60.0 Å². The molecule has 1 aliphatic heterocycles. The molecule has 0 fully saturated rings. The van der Waals surface area contributed by atoms with E-state index in [1.807, 2.05) is 32.0 Å². The Kier molecular flexibility index (Phi) is 5.14. The maximum absolute atomic E-state index is 14.4. The zero-order valence-electron chi connectivity index (χ0n) is 16.6. The van der Waals surface area contributed by atoms with E-state index in [-0.39, 0.29) is 30.1 Å². The molecule has 1 aliphatic rings. The van der Waals surface area contributed by atoms with Crippen LogP contribution in [0.2, 0.25) is 0 Å². The summed E-state index contributed by atoms with van der Waals surface area (Å²) >= 11 is 0. The van der Waals surface area contributed by atoms with Gasteiger partial charge in [-0.25, -0.2) is 14.1 Å². The highest BCUT2D eigenvalue weighted by molar-refractivity contribution is 6.44. The molecular formula is C22H20FN5O2. The molecule has 1 aromatic heterocycles. The fourth-order valence-electron chi connectivity index (χ4n) is 3.24. The summed E-state index contributed by atoms with van der Waals surface area (Å²) in [6.45, 7) is 3.81. The van der Waals surface area contributed by atoms with Crippen molar-refractivity contribution in [2.24, 2.45) is 5.10 Å². The number of halogens is 1. The molecule has 0 saturated carbocycles. The number of carbonyl (C=O) groups is 2. The summed E-state index contributed by atoms with van der Waals surface area (Å²) in [5.41, 5.74) is 3.32. The van der Waals surface area contributed by atoms with Gasteiger partial charge < -0.3 is 5.32 Å². The highest BCUT2D eigenvalue weighted by atomic mass is 19.1. The summed E-state index contributed by atoms with van der Waals surface area (Å²) in [7, 11) is 0. The Hall–Kier alpha value is -3.81. The maximum atomic E-state index is 14.4. The minimum atomic E-state index is -0.519. The molecule has 1 N–H and O–H groups in total. The quantitative estimate of drug-likeness (QED) is 0.718. The van der Waals surface area contributed by atoms with E-state index in [0.717, 1.165) is 11.1 Å². The van der Waals surface area contributed by atoms with Gasteiger partial charge in [0.25, 0.3) is 5.91 Å². The Morgan fingerprint density at radius 1 is 1.10 bits per heavy atom. The van der Waals surface area contributed by atoms with Crippen LogP contribution >= 0.6 is 0 Å². The molecule has 0 aliphatic carbocycles. The fourth-order valence-corrected chi connectivity index (χ4v) is 3.24. The summed E-state index contributed by atoms with van der Waals surface area (Å²) in [6.07, 6.45) is 3.58. The first-order valence-corrected chi connectivity index (χ1v) is 9.51. The number of carbonyl (C=O) groups excluding carboxylic acids is 2. The molecule has 0 unspecified atom stereocenters. The van der Waals surface area contributed by atoms with E-state index < -0.39 is 11.7 Å². The van der Waals surface area contributed by atoms with Crippen LogP contribution < -0.4 is 10.3 Å². The Morgan fingerprint density at radius 3 is 2.67 bits per heavy atom. The zero-order chi connectivity index (χ0) is 21.3. The standard InChI is InChI=1S/C22H20FN5O2/c1-14-4-5-15(2)20(12-14)28-21(29)9-7-18(26-28)22(30)25-16-6-8-19(17(23)13-16)27-11-3-10-24-27/h3-6,8,10-13H,7,9H2,1-2H3,(H,25,30). The largest absolute Gasteiger partial charge is 0.321 e. The lowest BCUT2D eigenvalue weighted by atomic mass is 10.1. The average molecular weight is 405 g/mol. The van der Waals surface area contributed by atoms with Crippen molar-refractivity contribution in [2.75, 3.05) is 10.3 Å². The molecule has 0 atom stereocenters. The summed E-state index contributed by atoms with van der Waals surface area (Å²) in [4.78, 5) is 25.1. The number of rotatable bonds is 4. The smallest absolute Gasteiger partial charge is 0.271 e. The number of hydrogen-bond donors (Lipinski definition) is 1. The molecule has 2 heterocycles. The molecule has 0 saturated heterocycles. The van der Waals surface area contributed by atoms with Crippen molar-refractivity contribution < 1.29 is 14.0 Å². The third kappa shape index (κ3) is 3.84. The number of benzene rings is 2. The van der Waals surface area contributed by atoms with Crippen LogP contribution in [0.1, 0.15) is 24.0 Å². The van der Waals surface area contributed by atoms with Gasteiger partial charge in [-0.05, 0) is 55.3 Å². The molecule has 30 heavy (non-hydrogen) atoms. The van der Waals surface area contributed by atoms with Gasteiger partial charge in [0.05, 0.1) is 5.69 Å². The van der Waals surface area contributed by atoms with Gasteiger partial charge in [-0.15, -0.1) is 0 Å². The summed E-state index contributed by atoms with van der Waals surface area (Å²) in [5.74, 6) is -1.16. The van der Waals surface area contributed by atoms with Gasteiger partial charge in [0, 0.05) is 30.9 Å². The number of aryl methyl sites for hydroxylation is 2. The molecule has 0 bridgehead atoms. The van der Waals surface area contributed by atoms with Crippen molar-refractivity contribution in [1.82, 2.24) is 9.78 Å². The van der Waals surface area contributed by atoms with Crippen molar-refractivity contribution in [3.63, 3.8) is 0 Å². The third-order valence-corrected chi connectivity index (χ3v) is 4.84. The number of hydrogen-bond acceptors (Lipinski definition) is 4. The van der Waals surface area contributed by atoms with Crippen LogP contribution in [0.4, 0.5) is 15.8 Å². The predicted octanol–water partition coefficient (Wildman–Crippen LogP) is 3.75. The fraction of sp³-hybridized carbons (Fsp3) is 0.182. The predicted molar refractivity (Wildman–Crippen MR) is 112 cm³/mol. The number of anilines is 2. The zero-order valence-corrected chi connectivity index (χ0v) is 16.6. The molecule has 2 amide bonds. The van der Waals surface area contributed by atoms with Gasteiger partial charge in [-0.2, -0.15) is 10.2 Å². The number of hydrazone groups is 1. The van der Waals surface area contributed by atoms with Crippen molar-refractivity contribution in [1.29, 1.82) is 0 Å². The summed E-state index contributed by atoms with van der Waals surface area (Å²) in [6, 6.07) is 11.8. The van der Waals surface area contributed by atoms with E-state index in [9.17, 15) is 14.0 Å². The molecular weight excluding hydrogens is 385 g/mol. The molecule has 0 spiro atoms. The first-order chi connectivity index (χ1) is 14.4. The van der Waals surface area contributed by atoms with Crippen molar-refractivity contribution in [2.45, 2.75) is 26.7 Å². The van der Waals surface area contributed by atoms with Crippen LogP contribution in [-0.4, -0.2) is 27.3 Å². The van der Waals surface area contributed by atoms with Crippen molar-refractivity contribution in [3.05, 3.63) is 71.8 Å². The Balaban J connectivity index is 1.56. The normalized spacial score (nSPS) is 13.9. The van der Waals surface area contributed by atoms with E-state index in [4.69, 9.17) is 0 Å². The second-order valence-electron chi connectivity index (χ2n) is 7.11. The third-order valence-electron chi connectivity index (χ3n) is 4.84. The van der Waals surface area contributed by atoms with Gasteiger partial charge in [-0.3, -0.25) is 9.59 Å². The average Bonchev–Trinajstić information content (AvgIpc) is 3.25. The van der Waals surface area contributed by atoms with Crippen LogP contribution in [0, 0.1) is 19.7 Å². The lowest BCUT2D eigenvalue weighted by Crippen LogP contribution is -2.36. The molecule has 0 radical (unpaired) electrons. The molecule has 7 nitrogen and oxygen atoms in total. The second kappa shape index (κ2) is 7.90. The Morgan fingerprint density at radius 2 is 1.93 bits per heavy atom. The van der Waals surface area contributed by atoms with Crippen molar-refractivity contribution in [3.8, 4) is 5.69 Å². The van der Waals surface area contributed by atoms with E-state index >= 15 is 0 Å². The minimum absolute atomic E-state index is 0.171. The monoisotopic (exact) mass is 405 g/mol. The van der Waals surface area contributed by atoms with Crippen LogP contribution in [0.25, 0.3) is 5.69 Å². The van der Waals surface area contributed by atoms with E-state index in [1.54, 1.807) is 24.5 Å². The van der Waals surface area contributed by atoms with E-state index in [0.29, 0.717) is 11.4 Å². The molecule has 4 rings (SSSR count). The van der Waals surface area contributed by atoms with Gasteiger partial charge in [0.2, 0.25) is 5.91 Å². The number of nitrogens with zero attached hydrogens (tertiary/aromatic N) is 4. The maximum Gasteiger partial charge on any atom is 0.271 e. The lowest BCUT2D eigenvalue weighted by molar-refractivity contribution is -0.118. The van der Waals surface area contributed by atoms with E-state index in [2.05, 4.69) is 15.5 Å². The Bertz CT molecular complexity index is 1150. The van der Waals surface area contributed by atoms with Gasteiger partial charge >= 0.3 is 0 Å².